The first-order valence-corrected chi connectivity index (χ1v) is 28.9. The molecular weight excluding hydrogens is 1130 g/mol. The number of rotatable bonds is 14. The van der Waals surface area contributed by atoms with E-state index in [9.17, 15) is 50.3 Å². The van der Waals surface area contributed by atoms with E-state index in [1.165, 1.54) is 21.8 Å². The fourth-order valence-corrected chi connectivity index (χ4v) is 14.8. The highest BCUT2D eigenvalue weighted by atomic mass is 32.1. The summed E-state index contributed by atoms with van der Waals surface area (Å²) >= 11 is 2.12. The number of alkyl halides is 6. The van der Waals surface area contributed by atoms with E-state index in [1.54, 1.807) is 29.2 Å². The number of aryl methyl sites for hydroxylation is 1. The largest absolute Gasteiger partial charge is 0.444 e. The molecular formula is C56H61F6N13O6S2. The first kappa shape index (κ1) is 57.3. The molecule has 83 heavy (non-hydrogen) atoms. The molecule has 8 aromatic rings. The molecule has 4 aliphatic rings. The first-order valence-electron chi connectivity index (χ1n) is 27.2. The zero-order valence-corrected chi connectivity index (χ0v) is 47.3. The summed E-state index contributed by atoms with van der Waals surface area (Å²) in [5.74, 6) is 0.768. The molecule has 2 aliphatic carbocycles. The third-order valence-corrected chi connectivity index (χ3v) is 18.3. The molecule has 8 heterocycles. The molecule has 0 bridgehead atoms. The molecule has 2 aliphatic heterocycles. The van der Waals surface area contributed by atoms with E-state index in [0.29, 0.717) is 67.3 Å². The van der Waals surface area contributed by atoms with Gasteiger partial charge in [0, 0.05) is 59.3 Å². The van der Waals surface area contributed by atoms with Crippen LogP contribution in [0.3, 0.4) is 0 Å². The highest BCUT2D eigenvalue weighted by Crippen LogP contribution is 2.52. The minimum atomic E-state index is -4.30. The summed E-state index contributed by atoms with van der Waals surface area (Å²) in [7, 11) is 0. The third kappa shape index (κ3) is 12.6. The van der Waals surface area contributed by atoms with Crippen LogP contribution in [0.25, 0.3) is 42.5 Å². The van der Waals surface area contributed by atoms with Gasteiger partial charge in [-0.05, 0) is 126 Å². The number of benzene rings is 2. The summed E-state index contributed by atoms with van der Waals surface area (Å²) < 4.78 is 86.1. The van der Waals surface area contributed by atoms with Crippen LogP contribution >= 0.6 is 22.7 Å². The van der Waals surface area contributed by atoms with Crippen LogP contribution in [-0.2, 0) is 53.2 Å². The van der Waals surface area contributed by atoms with Gasteiger partial charge >= 0.3 is 29.8 Å². The molecule has 3 amide bonds. The lowest BCUT2D eigenvalue weighted by Gasteiger charge is -2.49. The van der Waals surface area contributed by atoms with Crippen molar-refractivity contribution in [1.29, 1.82) is 0 Å². The molecule has 19 nitrogen and oxygen atoms in total. The van der Waals surface area contributed by atoms with Crippen molar-refractivity contribution in [3.8, 4) is 0 Å². The molecule has 0 radical (unpaired) electrons. The summed E-state index contributed by atoms with van der Waals surface area (Å²) in [6.45, 7) is 8.36. The van der Waals surface area contributed by atoms with Gasteiger partial charge < -0.3 is 40.9 Å². The molecule has 4 fully saturated rings. The van der Waals surface area contributed by atoms with Crippen molar-refractivity contribution in [2.24, 2.45) is 28.2 Å². The number of anilines is 2. The van der Waals surface area contributed by atoms with Crippen LogP contribution in [0.5, 0.6) is 0 Å². The SMILES string of the molecule is CC(C)(C)OC(=O)N(Cc1ccc2c(c1)[nH]c(=O)n2CC(N)=O)C1CCC2(C1)CN(c1ncnc3sc(CC(F)(F)F)cc13)C2.NC(=O)Cn1c(=O)[nH]c2cc(CCC3CCC4(C3)CN(c3ncnc5sc(CC(F)(F)F)cc35)C4)ccc21. The minimum absolute atomic E-state index is 0.0752. The number of carbonyl (C=O) groups is 3. The monoisotopic (exact) mass is 1190 g/mol. The number of halogens is 6. The average Bonchev–Trinajstić information content (AvgIpc) is 2.42. The summed E-state index contributed by atoms with van der Waals surface area (Å²) in [4.78, 5) is 91.2. The van der Waals surface area contributed by atoms with Crippen molar-refractivity contribution in [2.45, 2.75) is 129 Å². The lowest BCUT2D eigenvalue weighted by molar-refractivity contribution is -0.127. The minimum Gasteiger partial charge on any atom is -0.444 e. The van der Waals surface area contributed by atoms with Crippen molar-refractivity contribution in [3.05, 3.63) is 103 Å². The fourth-order valence-electron chi connectivity index (χ4n) is 12.8. The molecule has 2 atom stereocenters. The van der Waals surface area contributed by atoms with E-state index in [0.717, 1.165) is 104 Å². The van der Waals surface area contributed by atoms with Crippen LogP contribution in [0.15, 0.2) is 70.8 Å². The normalized spacial score (nSPS) is 18.5. The molecule has 2 saturated heterocycles. The average molecular weight is 1190 g/mol. The summed E-state index contributed by atoms with van der Waals surface area (Å²) in [5, 5.41) is 1.33. The van der Waals surface area contributed by atoms with Gasteiger partial charge in [-0.15, -0.1) is 22.7 Å². The molecule has 2 saturated carbocycles. The first-order chi connectivity index (χ1) is 39.2. The van der Waals surface area contributed by atoms with Crippen LogP contribution < -0.4 is 32.6 Å². The molecule has 6 N–H and O–H groups in total. The molecule has 6 aromatic heterocycles. The van der Waals surface area contributed by atoms with Crippen LogP contribution in [-0.4, -0.2) is 112 Å². The van der Waals surface area contributed by atoms with Crippen molar-refractivity contribution in [3.63, 3.8) is 0 Å². The maximum Gasteiger partial charge on any atom is 0.410 e. The second kappa shape index (κ2) is 21.6. The van der Waals surface area contributed by atoms with E-state index in [1.807, 2.05) is 45.0 Å². The van der Waals surface area contributed by atoms with Gasteiger partial charge in [0.2, 0.25) is 11.8 Å². The number of primary amides is 2. The lowest BCUT2D eigenvalue weighted by atomic mass is 9.77. The van der Waals surface area contributed by atoms with Gasteiger partial charge in [0.15, 0.2) is 0 Å². The predicted molar refractivity (Wildman–Crippen MR) is 302 cm³/mol. The smallest absolute Gasteiger partial charge is 0.410 e. The van der Waals surface area contributed by atoms with Crippen molar-refractivity contribution in [1.82, 2.24) is 43.9 Å². The number of amides is 3. The van der Waals surface area contributed by atoms with Crippen molar-refractivity contribution in [2.75, 3.05) is 36.0 Å². The van der Waals surface area contributed by atoms with Gasteiger partial charge in [-0.25, -0.2) is 34.3 Å². The van der Waals surface area contributed by atoms with Crippen molar-refractivity contribution >= 4 is 94.7 Å². The zero-order valence-electron chi connectivity index (χ0n) is 45.7. The second-order valence-corrected chi connectivity index (χ2v) is 26.1. The number of fused-ring (bicyclic) bond motifs is 4. The van der Waals surface area contributed by atoms with E-state index in [2.05, 4.69) is 39.7 Å². The van der Waals surface area contributed by atoms with Gasteiger partial charge in [-0.1, -0.05) is 12.1 Å². The Morgan fingerprint density at radius 3 is 1.66 bits per heavy atom. The van der Waals surface area contributed by atoms with E-state index in [-0.39, 0.29) is 52.0 Å². The van der Waals surface area contributed by atoms with E-state index < -0.39 is 54.4 Å². The van der Waals surface area contributed by atoms with Gasteiger partial charge in [-0.2, -0.15) is 26.3 Å². The second-order valence-electron chi connectivity index (χ2n) is 23.9. The number of hydrogen-bond donors (Lipinski definition) is 4. The Balaban J connectivity index is 0.000000176. The Morgan fingerprint density at radius 1 is 0.687 bits per heavy atom. The predicted octanol–water partition coefficient (Wildman–Crippen LogP) is 8.88. The summed E-state index contributed by atoms with van der Waals surface area (Å²) in [6, 6.07) is 14.2. The highest BCUT2D eigenvalue weighted by molar-refractivity contribution is 7.19. The van der Waals surface area contributed by atoms with Crippen molar-refractivity contribution < 1.29 is 45.5 Å². The van der Waals surface area contributed by atoms with Crippen LogP contribution in [0.4, 0.5) is 42.8 Å². The number of aromatic amines is 2. The van der Waals surface area contributed by atoms with E-state index in [4.69, 9.17) is 16.2 Å². The number of carbonyl (C=O) groups excluding carboxylic acids is 3. The molecule has 2 unspecified atom stereocenters. The standard InChI is InChI=1S/C30H34F3N7O4S.C26H27F3N6O2S/c1-28(2,3)44-27(43)39(12-17-4-5-22-21(8-17)37-26(42)40(22)13-23(34)41)18-6-7-29(10-18)14-38(15-29)24-20-9-19(11-30(31,32)33)45-25(20)36-16-35-24;27-26(28,29)10-17-8-18-22(31-14-32-23(18)38-17)34-12-25(13-34)6-5-16(9-25)2-1-15-3-4-20-19(7-15)33-24(37)35(20)11-21(30)36/h4-5,8-9,16,18H,6-7,10-15H2,1-3H3,(H2,34,41)(H,37,42);3-4,7-8,14,16H,1-2,5-6,9-13H2,(H2,30,36)(H,33,37). The Bertz CT molecular complexity index is 3920. The van der Waals surface area contributed by atoms with Crippen LogP contribution in [0, 0.1) is 16.7 Å². The Morgan fingerprint density at radius 2 is 1.17 bits per heavy atom. The topological polar surface area (TPSA) is 249 Å². The Labute approximate surface area is 478 Å². The molecule has 440 valence electrons. The number of nitrogens with two attached hydrogens (primary N) is 2. The lowest BCUT2D eigenvalue weighted by Crippen LogP contribution is -2.56. The number of nitrogens with zero attached hydrogens (tertiary/aromatic N) is 9. The molecule has 2 spiro atoms. The Kier molecular flexibility index (Phi) is 14.9. The zero-order chi connectivity index (χ0) is 59.0. The van der Waals surface area contributed by atoms with Gasteiger partial charge in [0.05, 0.1) is 45.7 Å². The number of ether oxygens (including phenoxy) is 1. The molecule has 12 rings (SSSR count). The highest BCUT2D eigenvalue weighted by Gasteiger charge is 2.52. The quantitative estimate of drug-likeness (QED) is 0.0746. The summed E-state index contributed by atoms with van der Waals surface area (Å²) in [6.07, 6.45) is -0.384. The summed E-state index contributed by atoms with van der Waals surface area (Å²) in [5.41, 5.74) is 13.6. The number of imidazole rings is 2. The molecule has 2 aromatic carbocycles. The van der Waals surface area contributed by atoms with Crippen LogP contribution in [0.2, 0.25) is 0 Å². The van der Waals surface area contributed by atoms with Gasteiger partial charge in [0.1, 0.15) is 52.6 Å². The Hall–Kier alpha value is -7.55. The number of aromatic nitrogens is 8. The number of nitrogens with one attached hydrogen (secondary N) is 2. The number of hydrogen-bond acceptors (Lipinski definition) is 14. The maximum atomic E-state index is 13.5. The van der Waals surface area contributed by atoms with E-state index >= 15 is 0 Å². The van der Waals surface area contributed by atoms with Gasteiger partial charge in [-0.3, -0.25) is 18.7 Å². The number of H-pyrrole nitrogens is 2. The fraction of sp³-hybridized carbons (Fsp3) is 0.482. The maximum absolute atomic E-state index is 13.5. The van der Waals surface area contributed by atoms with Gasteiger partial charge in [0.25, 0.3) is 0 Å². The molecule has 27 heteroatoms. The third-order valence-electron chi connectivity index (χ3n) is 16.2. The van der Waals surface area contributed by atoms with Crippen LogP contribution in [0.1, 0.15) is 86.6 Å². The number of thiophene rings is 2.